The minimum absolute atomic E-state index is 0. The standard InChI is InChI=1S/29U. The van der Waals surface area contributed by atoms with Gasteiger partial charge in [0.05, 0.1) is 0 Å². The zero-order valence-electron chi connectivity index (χ0n) is 14.5. The van der Waals surface area contributed by atoms with Crippen LogP contribution in [0.5, 0.6) is 0 Å². The summed E-state index contributed by atoms with van der Waals surface area (Å²) >= 11 is 0. The zero-order valence-corrected chi connectivity index (χ0v) is 135. The minimum atomic E-state index is 0. The van der Waals surface area contributed by atoms with Gasteiger partial charge in [-0.3, -0.25) is 0 Å². The third kappa shape index (κ3) is 201. The molecule has 0 aromatic carbocycles. The fourth-order valence-corrected chi connectivity index (χ4v) is 0. The Morgan fingerprint density at radius 1 is 0.0345 bits per heavy atom. The molecule has 0 aliphatic carbocycles. The van der Waals surface area contributed by atoms with Crippen LogP contribution in [0.1, 0.15) is 0 Å². The summed E-state index contributed by atoms with van der Waals surface area (Å²) in [4.78, 5) is 0. The number of hydrogen-bond acceptors (Lipinski definition) is 0. The Bertz CT molecular complexity index is 0. The van der Waals surface area contributed by atoms with Crippen molar-refractivity contribution in [1.29, 1.82) is 0 Å². The fourth-order valence-electron chi connectivity index (χ4n) is 0. The Balaban J connectivity index is 0. The van der Waals surface area contributed by atoms with Crippen LogP contribution in [0.3, 0.4) is 0 Å². The quantitative estimate of drug-likeness (QED) is 0.321. The molecule has 0 nitrogen and oxygen atoms in total. The van der Waals surface area contributed by atoms with Gasteiger partial charge in [0.1, 0.15) is 0 Å². The molecule has 0 N–H and O–H groups in total. The molecular weight excluding hydrogens is 6900 g/mol. The summed E-state index contributed by atoms with van der Waals surface area (Å²) < 4.78 is 0. The third-order valence-electron chi connectivity index (χ3n) is 0. The van der Waals surface area contributed by atoms with Crippen LogP contribution in [-0.4, -0.2) is 0 Å². The van der Waals surface area contributed by atoms with Crippen molar-refractivity contribution in [2.45, 2.75) is 0 Å². The first-order valence-corrected chi connectivity index (χ1v) is 0. The van der Waals surface area contributed by atoms with Crippen molar-refractivity contribution in [1.82, 2.24) is 0 Å². The molecule has 0 rings (SSSR count). The van der Waals surface area contributed by atoms with E-state index in [-0.39, 0.29) is 902 Å². The first-order chi connectivity index (χ1) is 0. The molecule has 0 unspecified atom stereocenters. The van der Waals surface area contributed by atoms with E-state index in [2.05, 4.69) is 0 Å². The van der Waals surface area contributed by atoms with Gasteiger partial charge < -0.3 is 0 Å². The van der Waals surface area contributed by atoms with E-state index in [1.165, 1.54) is 0 Å². The maximum absolute atomic E-state index is 0. The molecule has 0 bridgehead atoms. The molecule has 0 aromatic heterocycles. The predicted molar refractivity (Wildman–Crippen MR) is 0 cm³/mol. The largest absolute Gasteiger partial charge is 0 e. The van der Waals surface area contributed by atoms with Crippen LogP contribution < -0.4 is 0 Å². The Hall–Kier alpha value is 30.5. The topological polar surface area (TPSA) is 0 Å². The molecule has 0 fully saturated rings. The van der Waals surface area contributed by atoms with Crippen molar-refractivity contribution in [3.63, 3.8) is 0 Å². The fraction of sp³-hybridized carbons (Fsp3) is 0. The minimum Gasteiger partial charge on any atom is 0 e. The summed E-state index contributed by atoms with van der Waals surface area (Å²) in [7, 11) is 0. The molecule has 0 spiro atoms. The Labute approximate surface area is 868 Å². The van der Waals surface area contributed by atoms with E-state index in [4.69, 9.17) is 0 Å². The maximum Gasteiger partial charge on any atom is 0 e. The van der Waals surface area contributed by atoms with Gasteiger partial charge in [0.15, 0.2) is 0 Å². The number of hydrogen-bond donors (Lipinski definition) is 0. The zero-order chi connectivity index (χ0) is 0. The van der Waals surface area contributed by atoms with Gasteiger partial charge in [0.25, 0.3) is 0 Å². The van der Waals surface area contributed by atoms with Crippen LogP contribution in [0, 0.1) is 902 Å². The molecule has 29 heavy (non-hydrogen) atoms. The molecule has 0 saturated carbocycles. The Kier molecular flexibility index (Phi) is 1570. The average Bonchev–Trinajstić information content (AvgIpc) is 0. The van der Waals surface area contributed by atoms with Gasteiger partial charge in [0, 0.05) is 902 Å². The van der Waals surface area contributed by atoms with Gasteiger partial charge in [-0.05, 0) is 0 Å². The second kappa shape index (κ2) is 208. The average molecular weight is 6900 g/mol. The van der Waals surface area contributed by atoms with Gasteiger partial charge in [-0.1, -0.05) is 0 Å². The first-order valence-electron chi connectivity index (χ1n) is 0. The van der Waals surface area contributed by atoms with Crippen LogP contribution >= 0.6 is 0 Å². The van der Waals surface area contributed by atoms with Gasteiger partial charge in [0.2, 0.25) is 0 Å². The van der Waals surface area contributed by atoms with Crippen LogP contribution in [0.15, 0.2) is 0 Å². The summed E-state index contributed by atoms with van der Waals surface area (Å²) in [6.07, 6.45) is 0. The molecule has 0 aliphatic rings. The summed E-state index contributed by atoms with van der Waals surface area (Å²) in [5.74, 6) is 0. The summed E-state index contributed by atoms with van der Waals surface area (Å²) in [5.41, 5.74) is 0. The number of rotatable bonds is 0. The van der Waals surface area contributed by atoms with Gasteiger partial charge >= 0.3 is 0 Å². The van der Waals surface area contributed by atoms with E-state index < -0.39 is 0 Å². The summed E-state index contributed by atoms with van der Waals surface area (Å²) in [5, 5.41) is 0. The van der Waals surface area contributed by atoms with E-state index in [0.29, 0.717) is 0 Å². The second-order valence-corrected chi connectivity index (χ2v) is 0. The molecule has 0 saturated heterocycles. The molecule has 0 amide bonds. The molecule has 0 aromatic rings. The molecule has 0 atom stereocenters. The normalized spacial score (nSPS) is 0. The maximum atomic E-state index is 0. The second-order valence-electron chi connectivity index (χ2n) is 0. The van der Waals surface area contributed by atoms with E-state index in [1.807, 2.05) is 0 Å². The summed E-state index contributed by atoms with van der Waals surface area (Å²) in [6, 6.07) is 0. The monoisotopic (exact) mass is 6900 g/mol. The van der Waals surface area contributed by atoms with Crippen molar-refractivity contribution >= 4 is 0 Å². The van der Waals surface area contributed by atoms with E-state index >= 15 is 0 Å². The van der Waals surface area contributed by atoms with Crippen LogP contribution in [-0.2, 0) is 0 Å². The SMILES string of the molecule is [U].[U].[U].[U].[U].[U].[U].[U].[U].[U].[U].[U].[U].[U].[U].[U].[U].[U].[U].[U].[U].[U].[U].[U].[U].[U].[U].[U].[U]. The Morgan fingerprint density at radius 3 is 0.0345 bits per heavy atom. The van der Waals surface area contributed by atoms with Crippen LogP contribution in [0.2, 0.25) is 0 Å². The summed E-state index contributed by atoms with van der Waals surface area (Å²) in [6.45, 7) is 0. The molecular formula is U29. The molecule has 116 valence electrons. The smallest absolute Gasteiger partial charge is 0 e. The van der Waals surface area contributed by atoms with Gasteiger partial charge in [-0.15, -0.1) is 0 Å². The van der Waals surface area contributed by atoms with Crippen molar-refractivity contribution in [3.8, 4) is 0 Å². The van der Waals surface area contributed by atoms with Crippen molar-refractivity contribution in [2.75, 3.05) is 0 Å². The van der Waals surface area contributed by atoms with Crippen molar-refractivity contribution < 1.29 is 902 Å². The Morgan fingerprint density at radius 2 is 0.0345 bits per heavy atom. The van der Waals surface area contributed by atoms with E-state index in [0.717, 1.165) is 0 Å². The van der Waals surface area contributed by atoms with Gasteiger partial charge in [-0.2, -0.15) is 0 Å². The van der Waals surface area contributed by atoms with Crippen LogP contribution in [0.25, 0.3) is 0 Å². The van der Waals surface area contributed by atoms with Crippen molar-refractivity contribution in [2.24, 2.45) is 0 Å². The first kappa shape index (κ1) is 219. The van der Waals surface area contributed by atoms with Gasteiger partial charge in [-0.25, -0.2) is 0 Å². The predicted octanol–water partition coefficient (Wildman–Crippen LogP) is 0. The molecule has 0 aliphatic heterocycles. The van der Waals surface area contributed by atoms with E-state index in [9.17, 15) is 0 Å². The third-order valence-corrected chi connectivity index (χ3v) is 0. The molecule has 0 heterocycles. The molecule has 0 radical (unpaired) electrons. The van der Waals surface area contributed by atoms with Crippen LogP contribution in [0.4, 0.5) is 0 Å². The van der Waals surface area contributed by atoms with E-state index in [1.54, 1.807) is 0 Å². The van der Waals surface area contributed by atoms with Crippen molar-refractivity contribution in [3.05, 3.63) is 0 Å². The molecule has 29 heteroatoms.